The summed E-state index contributed by atoms with van der Waals surface area (Å²) in [5.74, 6) is -1.36. The second-order valence-electron chi connectivity index (χ2n) is 5.19. The molecule has 1 aromatic rings. The Kier molecular flexibility index (Phi) is 4.96. The summed E-state index contributed by atoms with van der Waals surface area (Å²) in [7, 11) is 0. The number of amides is 1. The Morgan fingerprint density at radius 3 is 2.48 bits per heavy atom. The molecular weight excluding hydrogens is 339 g/mol. The second kappa shape index (κ2) is 6.38. The lowest BCUT2D eigenvalue weighted by Crippen LogP contribution is -2.43. The van der Waals surface area contributed by atoms with Crippen LogP contribution in [0, 0.1) is 5.41 Å². The highest BCUT2D eigenvalue weighted by atomic mass is 35.5. The third-order valence-corrected chi connectivity index (χ3v) is 4.94. The number of carbonyl (C=O) groups is 2. The largest absolute Gasteiger partial charge is 0.481 e. The van der Waals surface area contributed by atoms with Gasteiger partial charge in [-0.3, -0.25) is 9.59 Å². The van der Waals surface area contributed by atoms with Gasteiger partial charge in [-0.15, -0.1) is 0 Å². The van der Waals surface area contributed by atoms with Crippen LogP contribution in [0.15, 0.2) is 6.20 Å². The van der Waals surface area contributed by atoms with Crippen LogP contribution < -0.4 is 5.32 Å². The lowest BCUT2D eigenvalue weighted by atomic mass is 9.66. The van der Waals surface area contributed by atoms with E-state index in [9.17, 15) is 9.59 Å². The number of halogens is 3. The molecule has 0 aliphatic heterocycles. The summed E-state index contributed by atoms with van der Waals surface area (Å²) in [4.78, 5) is 26.8. The number of carbonyl (C=O) groups excluding carboxylic acids is 1. The Morgan fingerprint density at radius 1 is 1.29 bits per heavy atom. The topological polar surface area (TPSA) is 79.3 Å². The van der Waals surface area contributed by atoms with Crippen molar-refractivity contribution in [3.8, 4) is 0 Å². The number of carboxylic acid groups (broad SMARTS) is 1. The SMILES string of the molecule is O=C(O)CC1(CNC(=O)c2ncc(Cl)c(Cl)c2Cl)CCC1. The van der Waals surface area contributed by atoms with Gasteiger partial charge in [0, 0.05) is 12.7 Å². The van der Waals surface area contributed by atoms with Crippen molar-refractivity contribution in [1.29, 1.82) is 0 Å². The maximum atomic E-state index is 12.1. The van der Waals surface area contributed by atoms with Crippen LogP contribution in [-0.4, -0.2) is 28.5 Å². The second-order valence-corrected chi connectivity index (χ2v) is 6.35. The van der Waals surface area contributed by atoms with Gasteiger partial charge in [0.15, 0.2) is 0 Å². The molecule has 8 heteroatoms. The van der Waals surface area contributed by atoms with Crippen molar-refractivity contribution in [2.75, 3.05) is 6.54 Å². The normalized spacial score (nSPS) is 16.1. The number of nitrogens with one attached hydrogen (secondary N) is 1. The minimum Gasteiger partial charge on any atom is -0.481 e. The lowest BCUT2D eigenvalue weighted by molar-refractivity contribution is -0.141. The highest BCUT2D eigenvalue weighted by molar-refractivity contribution is 6.48. The molecule has 114 valence electrons. The van der Waals surface area contributed by atoms with Crippen molar-refractivity contribution in [3.05, 3.63) is 27.0 Å². The van der Waals surface area contributed by atoms with E-state index >= 15 is 0 Å². The van der Waals surface area contributed by atoms with Crippen LogP contribution in [0.2, 0.25) is 15.1 Å². The smallest absolute Gasteiger partial charge is 0.303 e. The lowest BCUT2D eigenvalue weighted by Gasteiger charge is -2.40. The molecule has 1 aromatic heterocycles. The van der Waals surface area contributed by atoms with Crippen LogP contribution in [0.5, 0.6) is 0 Å². The van der Waals surface area contributed by atoms with E-state index < -0.39 is 11.9 Å². The molecule has 0 spiro atoms. The van der Waals surface area contributed by atoms with E-state index in [2.05, 4.69) is 10.3 Å². The number of aromatic nitrogens is 1. The summed E-state index contributed by atoms with van der Waals surface area (Å²) in [6.07, 6.45) is 3.82. The molecule has 21 heavy (non-hydrogen) atoms. The fourth-order valence-corrected chi connectivity index (χ4v) is 2.93. The highest BCUT2D eigenvalue weighted by Gasteiger charge is 2.39. The molecule has 0 radical (unpaired) electrons. The van der Waals surface area contributed by atoms with Crippen molar-refractivity contribution >= 4 is 46.7 Å². The van der Waals surface area contributed by atoms with E-state index in [1.54, 1.807) is 0 Å². The van der Waals surface area contributed by atoms with Gasteiger partial charge < -0.3 is 10.4 Å². The summed E-state index contributed by atoms with van der Waals surface area (Å²) < 4.78 is 0. The first-order valence-electron chi connectivity index (χ1n) is 6.34. The quantitative estimate of drug-likeness (QED) is 0.852. The molecule has 1 saturated carbocycles. The molecule has 2 N–H and O–H groups in total. The van der Waals surface area contributed by atoms with Gasteiger partial charge in [-0.25, -0.2) is 4.98 Å². The number of nitrogens with zero attached hydrogens (tertiary/aromatic N) is 1. The van der Waals surface area contributed by atoms with Gasteiger partial charge >= 0.3 is 5.97 Å². The summed E-state index contributed by atoms with van der Waals surface area (Å²) in [5.41, 5.74) is -0.389. The van der Waals surface area contributed by atoms with Gasteiger partial charge in [0.2, 0.25) is 0 Å². The first kappa shape index (κ1) is 16.3. The molecule has 1 amide bonds. The van der Waals surface area contributed by atoms with Gasteiger partial charge in [-0.05, 0) is 18.3 Å². The van der Waals surface area contributed by atoms with Gasteiger partial charge in [0.25, 0.3) is 5.91 Å². The molecule has 1 fully saturated rings. The number of rotatable bonds is 5. The number of pyridine rings is 1. The number of hydrogen-bond donors (Lipinski definition) is 2. The predicted octanol–water partition coefficient (Wildman–Crippen LogP) is 3.42. The maximum Gasteiger partial charge on any atom is 0.303 e. The van der Waals surface area contributed by atoms with Crippen LogP contribution in [0.4, 0.5) is 0 Å². The van der Waals surface area contributed by atoms with E-state index in [1.807, 2.05) is 0 Å². The van der Waals surface area contributed by atoms with E-state index in [1.165, 1.54) is 6.20 Å². The van der Waals surface area contributed by atoms with Crippen LogP contribution in [0.25, 0.3) is 0 Å². The third-order valence-electron chi connectivity index (χ3n) is 3.70. The fourth-order valence-electron chi connectivity index (χ4n) is 2.37. The first-order valence-corrected chi connectivity index (χ1v) is 7.47. The Hall–Kier alpha value is -1.04. The molecule has 0 bridgehead atoms. The molecule has 1 heterocycles. The third kappa shape index (κ3) is 3.59. The van der Waals surface area contributed by atoms with Crippen molar-refractivity contribution in [1.82, 2.24) is 10.3 Å². The monoisotopic (exact) mass is 350 g/mol. The zero-order valence-corrected chi connectivity index (χ0v) is 13.2. The molecule has 0 atom stereocenters. The van der Waals surface area contributed by atoms with Gasteiger partial charge in [0.1, 0.15) is 5.69 Å². The molecule has 0 saturated heterocycles. The highest BCUT2D eigenvalue weighted by Crippen LogP contribution is 2.43. The van der Waals surface area contributed by atoms with Crippen molar-refractivity contribution < 1.29 is 14.7 Å². The van der Waals surface area contributed by atoms with Crippen LogP contribution in [0.3, 0.4) is 0 Å². The van der Waals surface area contributed by atoms with E-state index in [-0.39, 0.29) is 39.1 Å². The summed E-state index contributed by atoms with van der Waals surface area (Å²) in [6.45, 7) is 0.274. The predicted molar refractivity (Wildman–Crippen MR) is 80.1 cm³/mol. The average Bonchev–Trinajstić information content (AvgIpc) is 2.38. The molecule has 1 aliphatic rings. The van der Waals surface area contributed by atoms with Crippen LogP contribution in [0.1, 0.15) is 36.2 Å². The number of aliphatic carboxylic acids is 1. The summed E-state index contributed by atoms with van der Waals surface area (Å²) in [5, 5.41) is 11.8. The Balaban J connectivity index is 2.05. The molecule has 1 aliphatic carbocycles. The molecule has 5 nitrogen and oxygen atoms in total. The minimum atomic E-state index is -0.866. The van der Waals surface area contributed by atoms with Crippen molar-refractivity contribution in [2.24, 2.45) is 5.41 Å². The van der Waals surface area contributed by atoms with E-state index in [4.69, 9.17) is 39.9 Å². The standard InChI is InChI=1S/C13H13Cl3N2O3/c14-7-5-17-11(10(16)9(7)15)12(21)18-6-13(2-1-3-13)4-8(19)20/h5H,1-4,6H2,(H,18,21)(H,19,20). The minimum absolute atomic E-state index is 0.0115. The zero-order chi connectivity index (χ0) is 15.6. The molecule has 0 aromatic carbocycles. The maximum absolute atomic E-state index is 12.1. The summed E-state index contributed by atoms with van der Waals surface area (Å²) >= 11 is 17.6. The fraction of sp³-hybridized carbons (Fsp3) is 0.462. The average molecular weight is 352 g/mol. The summed E-state index contributed by atoms with van der Waals surface area (Å²) in [6, 6.07) is 0. The van der Waals surface area contributed by atoms with E-state index in [0.29, 0.717) is 0 Å². The number of hydrogen-bond acceptors (Lipinski definition) is 3. The first-order chi connectivity index (χ1) is 9.84. The zero-order valence-electron chi connectivity index (χ0n) is 11.0. The molecule has 2 rings (SSSR count). The Labute approximate surface area is 136 Å². The van der Waals surface area contributed by atoms with Crippen molar-refractivity contribution in [2.45, 2.75) is 25.7 Å². The van der Waals surface area contributed by atoms with Gasteiger partial charge in [-0.2, -0.15) is 0 Å². The van der Waals surface area contributed by atoms with Gasteiger partial charge in [-0.1, -0.05) is 41.2 Å². The molecular formula is C13H13Cl3N2O3. The Bertz CT molecular complexity index is 588. The Morgan fingerprint density at radius 2 is 1.95 bits per heavy atom. The van der Waals surface area contributed by atoms with Crippen LogP contribution in [-0.2, 0) is 4.79 Å². The van der Waals surface area contributed by atoms with Gasteiger partial charge in [0.05, 0.1) is 21.5 Å². The van der Waals surface area contributed by atoms with E-state index in [0.717, 1.165) is 19.3 Å². The van der Waals surface area contributed by atoms with Crippen molar-refractivity contribution in [3.63, 3.8) is 0 Å². The molecule has 0 unspecified atom stereocenters. The number of carboxylic acids is 1. The van der Waals surface area contributed by atoms with Crippen LogP contribution >= 0.6 is 34.8 Å².